The van der Waals surface area contributed by atoms with Crippen LogP contribution >= 0.6 is 11.6 Å². The number of hydrogen-bond donors (Lipinski definition) is 2. The van der Waals surface area contributed by atoms with E-state index in [9.17, 15) is 4.39 Å². The predicted molar refractivity (Wildman–Crippen MR) is 82.8 cm³/mol. The molecular formula is C16H18ClFN2O. The van der Waals surface area contributed by atoms with E-state index < -0.39 is 5.82 Å². The Labute approximate surface area is 128 Å². The molecule has 0 spiro atoms. The van der Waals surface area contributed by atoms with Gasteiger partial charge in [0.05, 0.1) is 17.7 Å². The van der Waals surface area contributed by atoms with Crippen LogP contribution < -0.4 is 16.0 Å². The first-order valence-electron chi connectivity index (χ1n) is 6.77. The van der Waals surface area contributed by atoms with Crippen LogP contribution in [0, 0.1) is 5.82 Å². The lowest BCUT2D eigenvalue weighted by Crippen LogP contribution is -2.30. The molecule has 3 nitrogen and oxygen atoms in total. The monoisotopic (exact) mass is 308 g/mol. The first kappa shape index (κ1) is 15.8. The quantitative estimate of drug-likeness (QED) is 0.633. The van der Waals surface area contributed by atoms with E-state index in [1.54, 1.807) is 12.1 Å². The number of nitrogens with one attached hydrogen (secondary N) is 1. The smallest absolute Gasteiger partial charge is 0.142 e. The third-order valence-electron chi connectivity index (χ3n) is 3.22. The Morgan fingerprint density at radius 2 is 2.05 bits per heavy atom. The van der Waals surface area contributed by atoms with Gasteiger partial charge in [-0.25, -0.2) is 4.39 Å². The maximum Gasteiger partial charge on any atom is 0.142 e. The highest BCUT2D eigenvalue weighted by atomic mass is 35.5. The van der Waals surface area contributed by atoms with Gasteiger partial charge in [0, 0.05) is 5.56 Å². The van der Waals surface area contributed by atoms with E-state index in [0.29, 0.717) is 13.0 Å². The van der Waals surface area contributed by atoms with Crippen molar-refractivity contribution in [1.82, 2.24) is 5.43 Å². The average Bonchev–Trinajstić information content (AvgIpc) is 2.49. The van der Waals surface area contributed by atoms with E-state index in [1.165, 1.54) is 6.07 Å². The van der Waals surface area contributed by atoms with Gasteiger partial charge in [0.15, 0.2) is 0 Å². The summed E-state index contributed by atoms with van der Waals surface area (Å²) in [6.45, 7) is 2.50. The Hall–Kier alpha value is -1.62. The van der Waals surface area contributed by atoms with E-state index >= 15 is 0 Å². The molecule has 0 radical (unpaired) electrons. The summed E-state index contributed by atoms with van der Waals surface area (Å²) < 4.78 is 19.1. The van der Waals surface area contributed by atoms with E-state index in [-0.39, 0.29) is 11.1 Å². The Bertz CT molecular complexity index is 607. The van der Waals surface area contributed by atoms with Gasteiger partial charge in [0.1, 0.15) is 11.6 Å². The molecule has 21 heavy (non-hydrogen) atoms. The zero-order chi connectivity index (χ0) is 15.2. The number of hydrogen-bond acceptors (Lipinski definition) is 3. The van der Waals surface area contributed by atoms with Crippen molar-refractivity contribution >= 4 is 11.6 Å². The van der Waals surface area contributed by atoms with Crippen molar-refractivity contribution in [1.29, 1.82) is 0 Å². The van der Waals surface area contributed by atoms with Gasteiger partial charge in [0.2, 0.25) is 0 Å². The second kappa shape index (κ2) is 7.41. The molecule has 5 heteroatoms. The largest absolute Gasteiger partial charge is 0.494 e. The van der Waals surface area contributed by atoms with E-state index in [0.717, 1.165) is 16.9 Å². The van der Waals surface area contributed by atoms with Gasteiger partial charge in [-0.05, 0) is 37.1 Å². The summed E-state index contributed by atoms with van der Waals surface area (Å²) in [5, 5.41) is 0.116. The lowest BCUT2D eigenvalue weighted by Gasteiger charge is -2.20. The lowest BCUT2D eigenvalue weighted by molar-refractivity contribution is 0.331. The zero-order valence-electron chi connectivity index (χ0n) is 11.8. The third kappa shape index (κ3) is 3.94. The van der Waals surface area contributed by atoms with Crippen LogP contribution in [0.25, 0.3) is 0 Å². The minimum absolute atomic E-state index is 0.116. The van der Waals surface area contributed by atoms with Gasteiger partial charge in [-0.1, -0.05) is 35.9 Å². The number of halogens is 2. The maximum atomic E-state index is 13.5. The standard InChI is InChI=1S/C16H18ClFN2O/c1-2-21-16-6-4-3-5-12(16)15(20-19)10-11-7-8-13(17)14(18)9-11/h3-9,15,20H,2,10,19H2,1H3. The highest BCUT2D eigenvalue weighted by Gasteiger charge is 2.16. The van der Waals surface area contributed by atoms with Crippen molar-refractivity contribution in [2.24, 2.45) is 5.84 Å². The molecule has 0 aromatic heterocycles. The summed E-state index contributed by atoms with van der Waals surface area (Å²) in [5.74, 6) is 6.01. The van der Waals surface area contributed by atoms with Crippen molar-refractivity contribution in [2.45, 2.75) is 19.4 Å². The molecule has 0 aliphatic carbocycles. The van der Waals surface area contributed by atoms with Crippen molar-refractivity contribution in [2.75, 3.05) is 6.61 Å². The summed E-state index contributed by atoms with van der Waals surface area (Å²) in [6.07, 6.45) is 0.536. The number of para-hydroxylation sites is 1. The molecule has 1 atom stereocenters. The van der Waals surface area contributed by atoms with Crippen molar-refractivity contribution in [3.8, 4) is 5.75 Å². The third-order valence-corrected chi connectivity index (χ3v) is 3.53. The van der Waals surface area contributed by atoms with Crippen LogP contribution in [-0.4, -0.2) is 6.61 Å². The molecule has 2 aromatic carbocycles. The topological polar surface area (TPSA) is 47.3 Å². The summed E-state index contributed by atoms with van der Waals surface area (Å²) in [4.78, 5) is 0. The zero-order valence-corrected chi connectivity index (χ0v) is 12.5. The summed E-state index contributed by atoms with van der Waals surface area (Å²) in [6, 6.07) is 12.3. The SMILES string of the molecule is CCOc1ccccc1C(Cc1ccc(Cl)c(F)c1)NN. The molecule has 0 aliphatic rings. The van der Waals surface area contributed by atoms with Crippen LogP contribution in [0.3, 0.4) is 0 Å². The van der Waals surface area contributed by atoms with Gasteiger partial charge in [-0.3, -0.25) is 11.3 Å². The molecular weight excluding hydrogens is 291 g/mol. The van der Waals surface area contributed by atoms with E-state index in [4.69, 9.17) is 22.2 Å². The summed E-state index contributed by atoms with van der Waals surface area (Å²) in [5.41, 5.74) is 4.52. The molecule has 2 aromatic rings. The highest BCUT2D eigenvalue weighted by molar-refractivity contribution is 6.30. The lowest BCUT2D eigenvalue weighted by atomic mass is 9.98. The fourth-order valence-corrected chi connectivity index (χ4v) is 2.33. The Morgan fingerprint density at radius 3 is 2.71 bits per heavy atom. The molecule has 0 aliphatic heterocycles. The van der Waals surface area contributed by atoms with Crippen molar-refractivity contribution in [3.05, 3.63) is 64.4 Å². The molecule has 0 heterocycles. The van der Waals surface area contributed by atoms with Crippen molar-refractivity contribution in [3.63, 3.8) is 0 Å². The Kier molecular flexibility index (Phi) is 5.56. The number of benzene rings is 2. The molecule has 0 bridgehead atoms. The molecule has 3 N–H and O–H groups in total. The number of ether oxygens (including phenoxy) is 1. The Balaban J connectivity index is 2.25. The molecule has 2 rings (SSSR count). The fourth-order valence-electron chi connectivity index (χ4n) is 2.22. The summed E-state index contributed by atoms with van der Waals surface area (Å²) in [7, 11) is 0. The first-order valence-corrected chi connectivity index (χ1v) is 7.15. The summed E-state index contributed by atoms with van der Waals surface area (Å²) >= 11 is 5.70. The van der Waals surface area contributed by atoms with Gasteiger partial charge in [-0.15, -0.1) is 0 Å². The number of hydrazine groups is 1. The van der Waals surface area contributed by atoms with Crippen molar-refractivity contribution < 1.29 is 9.13 Å². The molecule has 0 saturated carbocycles. The van der Waals surface area contributed by atoms with E-state index in [2.05, 4.69) is 5.43 Å². The van der Waals surface area contributed by atoms with Crippen LogP contribution in [-0.2, 0) is 6.42 Å². The maximum absolute atomic E-state index is 13.5. The minimum Gasteiger partial charge on any atom is -0.494 e. The highest BCUT2D eigenvalue weighted by Crippen LogP contribution is 2.28. The van der Waals surface area contributed by atoms with Gasteiger partial charge < -0.3 is 4.74 Å². The fraction of sp³-hybridized carbons (Fsp3) is 0.250. The van der Waals surface area contributed by atoms with Crippen LogP contribution in [0.15, 0.2) is 42.5 Å². The van der Waals surface area contributed by atoms with Crippen LogP contribution in [0.4, 0.5) is 4.39 Å². The van der Waals surface area contributed by atoms with E-state index in [1.807, 2.05) is 31.2 Å². The average molecular weight is 309 g/mol. The van der Waals surface area contributed by atoms with Gasteiger partial charge in [-0.2, -0.15) is 0 Å². The number of nitrogens with two attached hydrogens (primary N) is 1. The first-order chi connectivity index (χ1) is 10.2. The molecule has 1 unspecified atom stereocenters. The molecule has 0 saturated heterocycles. The van der Waals surface area contributed by atoms with Crippen LogP contribution in [0.2, 0.25) is 5.02 Å². The molecule has 112 valence electrons. The Morgan fingerprint density at radius 1 is 1.29 bits per heavy atom. The van der Waals surface area contributed by atoms with Gasteiger partial charge in [0.25, 0.3) is 0 Å². The molecule has 0 fully saturated rings. The second-order valence-corrected chi connectivity index (χ2v) is 5.05. The number of rotatable bonds is 6. The molecule has 0 amide bonds. The van der Waals surface area contributed by atoms with Crippen LogP contribution in [0.5, 0.6) is 5.75 Å². The van der Waals surface area contributed by atoms with Crippen LogP contribution in [0.1, 0.15) is 24.1 Å². The normalized spacial score (nSPS) is 12.2. The predicted octanol–water partition coefficient (Wildman–Crippen LogP) is 3.62. The van der Waals surface area contributed by atoms with Gasteiger partial charge >= 0.3 is 0 Å². The minimum atomic E-state index is -0.428. The second-order valence-electron chi connectivity index (χ2n) is 4.64.